The van der Waals surface area contributed by atoms with E-state index in [-0.39, 0.29) is 18.1 Å². The summed E-state index contributed by atoms with van der Waals surface area (Å²) in [4.78, 5) is 11.2. The number of ketones is 1. The Bertz CT molecular complexity index is 310. The van der Waals surface area contributed by atoms with Crippen LogP contribution in [0.4, 0.5) is 0 Å². The molecule has 4 nitrogen and oxygen atoms in total. The molecule has 17 heavy (non-hydrogen) atoms. The lowest BCUT2D eigenvalue weighted by molar-refractivity contribution is -0.116. The topological polar surface area (TPSA) is 52.6 Å². The highest BCUT2D eigenvalue weighted by Crippen LogP contribution is 2.57. The van der Waals surface area contributed by atoms with Crippen molar-refractivity contribution in [2.45, 2.75) is 41.0 Å². The molecule has 0 aromatic heterocycles. The maximum absolute atomic E-state index is 12.5. The third-order valence-electron chi connectivity index (χ3n) is 1.91. The van der Waals surface area contributed by atoms with Gasteiger partial charge in [-0.2, -0.15) is 0 Å². The summed E-state index contributed by atoms with van der Waals surface area (Å²) in [6.45, 7) is 9.50. The standard InChI is InChI=1S/C12H23O4P/c1-6-15-17(14,16-7-2)12(8-10(3)4)9-11(5)13/h8,10H,6-7,9H2,1-5H3/b12-8+. The first-order valence-electron chi connectivity index (χ1n) is 5.95. The van der Waals surface area contributed by atoms with E-state index in [4.69, 9.17) is 9.05 Å². The van der Waals surface area contributed by atoms with Crippen molar-refractivity contribution in [1.29, 1.82) is 0 Å². The Morgan fingerprint density at radius 3 is 2.00 bits per heavy atom. The smallest absolute Gasteiger partial charge is 0.306 e. The summed E-state index contributed by atoms with van der Waals surface area (Å²) in [6.07, 6.45) is 1.92. The van der Waals surface area contributed by atoms with E-state index < -0.39 is 7.60 Å². The third kappa shape index (κ3) is 6.16. The second-order valence-electron chi connectivity index (χ2n) is 4.11. The van der Waals surface area contributed by atoms with Gasteiger partial charge in [0.05, 0.1) is 13.2 Å². The van der Waals surface area contributed by atoms with Crippen LogP contribution in [0.3, 0.4) is 0 Å². The maximum Gasteiger partial charge on any atom is 0.357 e. The number of allylic oxidation sites excluding steroid dienone is 2. The van der Waals surface area contributed by atoms with Crippen molar-refractivity contribution in [3.8, 4) is 0 Å². The van der Waals surface area contributed by atoms with Crippen LogP contribution in [0.1, 0.15) is 41.0 Å². The molecule has 0 heterocycles. The second kappa shape index (κ2) is 7.80. The molecular weight excluding hydrogens is 239 g/mol. The van der Waals surface area contributed by atoms with Crippen LogP contribution in [0.15, 0.2) is 11.4 Å². The highest BCUT2D eigenvalue weighted by molar-refractivity contribution is 7.58. The molecule has 0 amide bonds. The molecule has 5 heteroatoms. The zero-order valence-corrected chi connectivity index (χ0v) is 12.3. The van der Waals surface area contributed by atoms with Gasteiger partial charge < -0.3 is 9.05 Å². The van der Waals surface area contributed by atoms with Crippen molar-refractivity contribution in [2.75, 3.05) is 13.2 Å². The molecule has 0 saturated heterocycles. The second-order valence-corrected chi connectivity index (χ2v) is 6.20. The monoisotopic (exact) mass is 262 g/mol. The fourth-order valence-corrected chi connectivity index (χ4v) is 3.41. The van der Waals surface area contributed by atoms with Gasteiger partial charge in [0.15, 0.2) is 0 Å². The molecule has 0 atom stereocenters. The van der Waals surface area contributed by atoms with Gasteiger partial charge in [0.25, 0.3) is 0 Å². The zero-order chi connectivity index (χ0) is 13.5. The summed E-state index contributed by atoms with van der Waals surface area (Å²) in [5, 5.41) is 0.476. The first-order valence-corrected chi connectivity index (χ1v) is 7.49. The minimum atomic E-state index is -3.30. The zero-order valence-electron chi connectivity index (χ0n) is 11.4. The Balaban J connectivity index is 5.21. The van der Waals surface area contributed by atoms with Crippen molar-refractivity contribution in [2.24, 2.45) is 5.92 Å². The lowest BCUT2D eigenvalue weighted by atomic mass is 10.2. The molecule has 0 aliphatic heterocycles. The molecule has 0 N–H and O–H groups in total. The normalized spacial score (nSPS) is 13.2. The fourth-order valence-electron chi connectivity index (χ4n) is 1.43. The number of carbonyl (C=O) groups excluding carboxylic acids is 1. The van der Waals surface area contributed by atoms with E-state index in [1.165, 1.54) is 6.92 Å². The third-order valence-corrected chi connectivity index (χ3v) is 4.11. The van der Waals surface area contributed by atoms with Crippen molar-refractivity contribution in [3.63, 3.8) is 0 Å². The van der Waals surface area contributed by atoms with Gasteiger partial charge in [0.1, 0.15) is 5.78 Å². The Labute approximate surface area is 104 Å². The van der Waals surface area contributed by atoms with E-state index in [0.29, 0.717) is 18.5 Å². The predicted octanol–water partition coefficient (Wildman–Crippen LogP) is 3.77. The lowest BCUT2D eigenvalue weighted by Gasteiger charge is -2.20. The Morgan fingerprint density at radius 2 is 1.71 bits per heavy atom. The number of carbonyl (C=O) groups is 1. The first-order chi connectivity index (χ1) is 7.85. The summed E-state index contributed by atoms with van der Waals surface area (Å²) in [5.41, 5.74) is 0. The van der Waals surface area contributed by atoms with Gasteiger partial charge in [-0.05, 0) is 26.7 Å². The van der Waals surface area contributed by atoms with Crippen LogP contribution >= 0.6 is 7.60 Å². The molecular formula is C12H23O4P. The minimum Gasteiger partial charge on any atom is -0.306 e. The van der Waals surface area contributed by atoms with Crippen LogP contribution in [-0.2, 0) is 18.4 Å². The van der Waals surface area contributed by atoms with E-state index in [1.54, 1.807) is 19.9 Å². The molecule has 0 aliphatic rings. The van der Waals surface area contributed by atoms with E-state index in [0.717, 1.165) is 0 Å². The number of Topliss-reactive ketones (excluding diaryl/α,β-unsaturated/α-hetero) is 1. The highest BCUT2D eigenvalue weighted by atomic mass is 31.2. The molecule has 0 unspecified atom stereocenters. The van der Waals surface area contributed by atoms with E-state index >= 15 is 0 Å². The summed E-state index contributed by atoms with van der Waals surface area (Å²) >= 11 is 0. The van der Waals surface area contributed by atoms with E-state index in [9.17, 15) is 9.36 Å². The molecule has 0 spiro atoms. The molecule has 100 valence electrons. The average molecular weight is 262 g/mol. The van der Waals surface area contributed by atoms with Crippen molar-refractivity contribution >= 4 is 13.4 Å². The fraction of sp³-hybridized carbons (Fsp3) is 0.750. The van der Waals surface area contributed by atoms with E-state index in [1.807, 2.05) is 13.8 Å². The van der Waals surface area contributed by atoms with Gasteiger partial charge in [-0.25, -0.2) is 0 Å². The van der Waals surface area contributed by atoms with Crippen LogP contribution in [-0.4, -0.2) is 19.0 Å². The maximum atomic E-state index is 12.5. The molecule has 0 bridgehead atoms. The van der Waals surface area contributed by atoms with Gasteiger partial charge >= 0.3 is 7.60 Å². The predicted molar refractivity (Wildman–Crippen MR) is 69.1 cm³/mol. The van der Waals surface area contributed by atoms with Crippen LogP contribution in [0.2, 0.25) is 0 Å². The van der Waals surface area contributed by atoms with Gasteiger partial charge in [-0.15, -0.1) is 0 Å². The van der Waals surface area contributed by atoms with Crippen LogP contribution < -0.4 is 0 Å². The van der Waals surface area contributed by atoms with Gasteiger partial charge in [0, 0.05) is 11.7 Å². The first kappa shape index (κ1) is 16.6. The molecule has 0 fully saturated rings. The largest absolute Gasteiger partial charge is 0.357 e. The molecule has 0 saturated carbocycles. The quantitative estimate of drug-likeness (QED) is 0.625. The SMILES string of the molecule is CCOP(=O)(OCC)/C(=C/C(C)C)CC(C)=O. The van der Waals surface area contributed by atoms with Gasteiger partial charge in [-0.1, -0.05) is 19.9 Å². The molecule has 0 rings (SSSR count). The Hall–Kier alpha value is -0.440. The molecule has 0 aromatic rings. The van der Waals surface area contributed by atoms with Crippen molar-refractivity contribution in [3.05, 3.63) is 11.4 Å². The lowest BCUT2D eigenvalue weighted by Crippen LogP contribution is -2.03. The molecule has 0 radical (unpaired) electrons. The Morgan fingerprint density at radius 1 is 1.24 bits per heavy atom. The highest BCUT2D eigenvalue weighted by Gasteiger charge is 2.30. The summed E-state index contributed by atoms with van der Waals surface area (Å²) in [5.74, 6) is 0.148. The van der Waals surface area contributed by atoms with Gasteiger partial charge in [0.2, 0.25) is 0 Å². The summed E-state index contributed by atoms with van der Waals surface area (Å²) < 4.78 is 23.0. The average Bonchev–Trinajstić information content (AvgIpc) is 2.15. The van der Waals surface area contributed by atoms with E-state index in [2.05, 4.69) is 0 Å². The molecule has 0 aromatic carbocycles. The molecule has 0 aliphatic carbocycles. The van der Waals surface area contributed by atoms with Crippen molar-refractivity contribution < 1.29 is 18.4 Å². The van der Waals surface area contributed by atoms with Crippen LogP contribution in [0.5, 0.6) is 0 Å². The van der Waals surface area contributed by atoms with Crippen LogP contribution in [0, 0.1) is 5.92 Å². The Kier molecular flexibility index (Phi) is 7.60. The number of hydrogen-bond donors (Lipinski definition) is 0. The van der Waals surface area contributed by atoms with Crippen LogP contribution in [0.25, 0.3) is 0 Å². The summed E-state index contributed by atoms with van der Waals surface area (Å²) in [7, 11) is -3.30. The van der Waals surface area contributed by atoms with Crippen molar-refractivity contribution in [1.82, 2.24) is 0 Å². The van der Waals surface area contributed by atoms with Gasteiger partial charge in [-0.3, -0.25) is 9.36 Å². The minimum absolute atomic E-state index is 0.0449. The summed E-state index contributed by atoms with van der Waals surface area (Å²) in [6, 6.07) is 0. The number of hydrogen-bond acceptors (Lipinski definition) is 4. The number of rotatable bonds is 8.